The van der Waals surface area contributed by atoms with Crippen molar-refractivity contribution in [2.75, 3.05) is 13.2 Å². The number of piperidine rings is 1. The van der Waals surface area contributed by atoms with Gasteiger partial charge in [-0.1, -0.05) is 0 Å². The summed E-state index contributed by atoms with van der Waals surface area (Å²) in [6.07, 6.45) is 3.14. The lowest BCUT2D eigenvalue weighted by atomic mass is 9.98. The minimum atomic E-state index is 0.573. The molecule has 0 radical (unpaired) electrons. The van der Waals surface area contributed by atoms with Gasteiger partial charge in [0.2, 0.25) is 0 Å². The van der Waals surface area contributed by atoms with E-state index in [1.807, 2.05) is 0 Å². The first-order chi connectivity index (χ1) is 3.97. The van der Waals surface area contributed by atoms with E-state index in [1.165, 1.54) is 19.4 Å². The van der Waals surface area contributed by atoms with Crippen LogP contribution in [0.1, 0.15) is 12.8 Å². The van der Waals surface area contributed by atoms with Crippen LogP contribution < -0.4 is 5.32 Å². The molecule has 0 amide bonds. The third-order valence-electron chi connectivity index (χ3n) is 2.01. The highest BCUT2D eigenvalue weighted by Gasteiger charge is 2.33. The molecule has 0 aliphatic carbocycles. The van der Waals surface area contributed by atoms with Crippen molar-refractivity contribution >= 4 is 0 Å². The highest BCUT2D eigenvalue weighted by atomic mass is 16.5. The van der Waals surface area contributed by atoms with Crippen molar-refractivity contribution < 1.29 is 4.74 Å². The van der Waals surface area contributed by atoms with Gasteiger partial charge in [0, 0.05) is 0 Å². The number of rotatable bonds is 0. The molecule has 2 heteroatoms. The zero-order valence-corrected chi connectivity index (χ0v) is 4.89. The molecule has 2 nitrogen and oxygen atoms in total. The Morgan fingerprint density at radius 3 is 2.88 bits per heavy atom. The summed E-state index contributed by atoms with van der Waals surface area (Å²) in [5.41, 5.74) is 0. The summed E-state index contributed by atoms with van der Waals surface area (Å²) in [7, 11) is 0. The Hall–Kier alpha value is -0.0800. The predicted octanol–water partition coefficient (Wildman–Crippen LogP) is 0.137. The van der Waals surface area contributed by atoms with Gasteiger partial charge in [-0.3, -0.25) is 0 Å². The highest BCUT2D eigenvalue weighted by molar-refractivity contribution is 4.88. The zero-order chi connectivity index (χ0) is 5.40. The largest absolute Gasteiger partial charge is 0.375 e. The molecular weight excluding hydrogens is 102 g/mol. The van der Waals surface area contributed by atoms with Gasteiger partial charge in [-0.15, -0.1) is 0 Å². The van der Waals surface area contributed by atoms with Crippen LogP contribution in [0.15, 0.2) is 0 Å². The molecule has 46 valence electrons. The molecule has 0 aromatic rings. The number of ether oxygens (including phenoxy) is 1. The van der Waals surface area contributed by atoms with Gasteiger partial charge in [0.25, 0.3) is 0 Å². The standard InChI is InChI=1S/C6H11NO/c1-2-6-5(4-8-6)7-3-1/h5-7H,1-4H2. The first kappa shape index (κ1) is 4.77. The predicted molar refractivity (Wildman–Crippen MR) is 30.8 cm³/mol. The molecule has 2 aliphatic heterocycles. The average Bonchev–Trinajstić information content (AvgIpc) is 1.72. The second-order valence-corrected chi connectivity index (χ2v) is 2.57. The lowest BCUT2D eigenvalue weighted by Gasteiger charge is -2.40. The molecule has 2 rings (SSSR count). The molecule has 0 aromatic heterocycles. The lowest BCUT2D eigenvalue weighted by molar-refractivity contribution is -0.102. The minimum Gasteiger partial charge on any atom is -0.375 e. The van der Waals surface area contributed by atoms with E-state index in [1.54, 1.807) is 0 Å². The molecule has 0 aromatic carbocycles. The number of hydrogen-bond acceptors (Lipinski definition) is 2. The molecule has 2 saturated heterocycles. The van der Waals surface area contributed by atoms with E-state index in [2.05, 4.69) is 5.32 Å². The Balaban J connectivity index is 1.92. The van der Waals surface area contributed by atoms with Gasteiger partial charge < -0.3 is 10.1 Å². The van der Waals surface area contributed by atoms with Gasteiger partial charge >= 0.3 is 0 Å². The van der Waals surface area contributed by atoms with E-state index in [0.29, 0.717) is 12.1 Å². The van der Waals surface area contributed by atoms with E-state index < -0.39 is 0 Å². The van der Waals surface area contributed by atoms with Crippen LogP contribution in [0.5, 0.6) is 0 Å². The minimum absolute atomic E-state index is 0.573. The Kier molecular flexibility index (Phi) is 1.02. The molecule has 0 saturated carbocycles. The molecule has 0 spiro atoms. The molecule has 2 aliphatic rings. The SMILES string of the molecule is C1CNC2COC2C1. The van der Waals surface area contributed by atoms with Gasteiger partial charge in [0.1, 0.15) is 0 Å². The van der Waals surface area contributed by atoms with E-state index in [9.17, 15) is 0 Å². The zero-order valence-electron chi connectivity index (χ0n) is 4.89. The summed E-state index contributed by atoms with van der Waals surface area (Å²) in [6, 6.07) is 0.712. The summed E-state index contributed by atoms with van der Waals surface area (Å²) < 4.78 is 5.27. The normalized spacial score (nSPS) is 45.0. The molecule has 0 bridgehead atoms. The first-order valence-electron chi connectivity index (χ1n) is 3.32. The fraction of sp³-hybridized carbons (Fsp3) is 1.00. The van der Waals surface area contributed by atoms with Crippen LogP contribution in [-0.2, 0) is 4.74 Å². The smallest absolute Gasteiger partial charge is 0.0751 e. The summed E-state index contributed by atoms with van der Waals surface area (Å²) in [6.45, 7) is 2.15. The van der Waals surface area contributed by atoms with Crippen molar-refractivity contribution in [1.29, 1.82) is 0 Å². The lowest BCUT2D eigenvalue weighted by Crippen LogP contribution is -2.57. The first-order valence-corrected chi connectivity index (χ1v) is 3.32. The fourth-order valence-electron chi connectivity index (χ4n) is 1.39. The quantitative estimate of drug-likeness (QED) is 0.482. The van der Waals surface area contributed by atoms with Gasteiger partial charge in [0.05, 0.1) is 18.8 Å². The third-order valence-corrected chi connectivity index (χ3v) is 2.01. The summed E-state index contributed by atoms with van der Waals surface area (Å²) >= 11 is 0. The van der Waals surface area contributed by atoms with Crippen molar-refractivity contribution in [1.82, 2.24) is 5.32 Å². The van der Waals surface area contributed by atoms with Gasteiger partial charge in [0.15, 0.2) is 0 Å². The van der Waals surface area contributed by atoms with Crippen LogP contribution in [0, 0.1) is 0 Å². The van der Waals surface area contributed by atoms with E-state index in [4.69, 9.17) is 4.74 Å². The maximum atomic E-state index is 5.27. The Bertz CT molecular complexity index is 82.5. The number of hydrogen-bond donors (Lipinski definition) is 1. The number of nitrogens with one attached hydrogen (secondary N) is 1. The third kappa shape index (κ3) is 0.565. The second kappa shape index (κ2) is 1.71. The van der Waals surface area contributed by atoms with Crippen LogP contribution >= 0.6 is 0 Å². The maximum absolute atomic E-state index is 5.27. The number of fused-ring (bicyclic) bond motifs is 1. The summed E-state index contributed by atoms with van der Waals surface area (Å²) in [5.74, 6) is 0. The topological polar surface area (TPSA) is 21.3 Å². The van der Waals surface area contributed by atoms with Crippen LogP contribution in [-0.4, -0.2) is 25.3 Å². The molecule has 2 unspecified atom stereocenters. The molecule has 1 N–H and O–H groups in total. The van der Waals surface area contributed by atoms with Crippen LogP contribution in [0.2, 0.25) is 0 Å². The van der Waals surface area contributed by atoms with Crippen LogP contribution in [0.25, 0.3) is 0 Å². The Morgan fingerprint density at radius 1 is 1.50 bits per heavy atom. The molecular formula is C6H11NO. The van der Waals surface area contributed by atoms with Crippen molar-refractivity contribution in [2.24, 2.45) is 0 Å². The fourth-order valence-corrected chi connectivity index (χ4v) is 1.39. The van der Waals surface area contributed by atoms with E-state index in [0.717, 1.165) is 6.61 Å². The molecule has 2 fully saturated rings. The maximum Gasteiger partial charge on any atom is 0.0751 e. The monoisotopic (exact) mass is 113 g/mol. The molecule has 2 atom stereocenters. The van der Waals surface area contributed by atoms with E-state index >= 15 is 0 Å². The summed E-state index contributed by atoms with van der Waals surface area (Å²) in [5, 5.41) is 3.39. The van der Waals surface area contributed by atoms with Gasteiger partial charge in [-0.25, -0.2) is 0 Å². The Labute approximate surface area is 49.2 Å². The van der Waals surface area contributed by atoms with Gasteiger partial charge in [-0.05, 0) is 19.4 Å². The van der Waals surface area contributed by atoms with E-state index in [-0.39, 0.29) is 0 Å². The highest BCUT2D eigenvalue weighted by Crippen LogP contribution is 2.20. The van der Waals surface area contributed by atoms with Gasteiger partial charge in [-0.2, -0.15) is 0 Å². The van der Waals surface area contributed by atoms with Crippen LogP contribution in [0.3, 0.4) is 0 Å². The van der Waals surface area contributed by atoms with Crippen molar-refractivity contribution in [3.8, 4) is 0 Å². The Morgan fingerprint density at radius 2 is 2.50 bits per heavy atom. The second-order valence-electron chi connectivity index (χ2n) is 2.57. The van der Waals surface area contributed by atoms with Crippen molar-refractivity contribution in [3.63, 3.8) is 0 Å². The van der Waals surface area contributed by atoms with Crippen LogP contribution in [0.4, 0.5) is 0 Å². The molecule has 8 heavy (non-hydrogen) atoms. The average molecular weight is 113 g/mol. The summed E-state index contributed by atoms with van der Waals surface area (Å²) in [4.78, 5) is 0. The molecule has 2 heterocycles. The van der Waals surface area contributed by atoms with Crippen molar-refractivity contribution in [2.45, 2.75) is 25.0 Å². The van der Waals surface area contributed by atoms with Crippen molar-refractivity contribution in [3.05, 3.63) is 0 Å².